The molecule has 0 bridgehead atoms. The highest BCUT2D eigenvalue weighted by Gasteiger charge is 2.33. The molecule has 1 aromatic carbocycles. The zero-order chi connectivity index (χ0) is 22.9. The summed E-state index contributed by atoms with van der Waals surface area (Å²) in [4.78, 5) is 18.4. The van der Waals surface area contributed by atoms with Gasteiger partial charge in [0.2, 0.25) is 5.91 Å². The number of fused-ring (bicyclic) bond motifs is 1. The Labute approximate surface area is 193 Å². The van der Waals surface area contributed by atoms with Crippen molar-refractivity contribution in [3.05, 3.63) is 58.8 Å². The molecule has 2 atom stereocenters. The average molecular weight is 461 g/mol. The van der Waals surface area contributed by atoms with Gasteiger partial charge in [0.25, 0.3) is 0 Å². The van der Waals surface area contributed by atoms with Crippen LogP contribution in [0.3, 0.4) is 0 Å². The number of carbonyl (C=O) groups is 1. The molecule has 0 radical (unpaired) electrons. The summed E-state index contributed by atoms with van der Waals surface area (Å²) < 4.78 is 16.4. The fourth-order valence-electron chi connectivity index (χ4n) is 3.95. The van der Waals surface area contributed by atoms with Gasteiger partial charge in [-0.05, 0) is 35.6 Å². The summed E-state index contributed by atoms with van der Waals surface area (Å²) in [5.41, 5.74) is 1.15. The molecular formula is C24H32N2O5S. The highest BCUT2D eigenvalue weighted by molar-refractivity contribution is 7.10. The van der Waals surface area contributed by atoms with Gasteiger partial charge in [-0.15, -0.1) is 17.9 Å². The molecule has 0 unspecified atom stereocenters. The first-order chi connectivity index (χ1) is 15.5. The van der Waals surface area contributed by atoms with E-state index in [0.29, 0.717) is 32.0 Å². The Bertz CT molecular complexity index is 887. The number of amides is 1. The third kappa shape index (κ3) is 6.32. The second kappa shape index (κ2) is 12.0. The third-order valence-electron chi connectivity index (χ3n) is 5.44. The van der Waals surface area contributed by atoms with E-state index in [-0.39, 0.29) is 25.1 Å². The van der Waals surface area contributed by atoms with E-state index in [1.54, 1.807) is 31.6 Å². The molecule has 0 aliphatic carbocycles. The summed E-state index contributed by atoms with van der Waals surface area (Å²) >= 11 is 1.72. The number of aliphatic hydroxyl groups is 1. The zero-order valence-corrected chi connectivity index (χ0v) is 19.6. The lowest BCUT2D eigenvalue weighted by atomic mass is 10.0. The van der Waals surface area contributed by atoms with Gasteiger partial charge in [-0.25, -0.2) is 0 Å². The summed E-state index contributed by atoms with van der Waals surface area (Å²) in [7, 11) is 3.17. The van der Waals surface area contributed by atoms with Gasteiger partial charge in [-0.2, -0.15) is 0 Å². The van der Waals surface area contributed by atoms with Crippen molar-refractivity contribution in [2.75, 3.05) is 53.6 Å². The topological polar surface area (TPSA) is 71.5 Å². The van der Waals surface area contributed by atoms with E-state index >= 15 is 0 Å². The van der Waals surface area contributed by atoms with Crippen LogP contribution in [0.1, 0.15) is 16.5 Å². The first kappa shape index (κ1) is 24.3. The molecule has 1 N–H and O–H groups in total. The van der Waals surface area contributed by atoms with Crippen LogP contribution in [0.25, 0.3) is 0 Å². The van der Waals surface area contributed by atoms with Gasteiger partial charge < -0.3 is 24.2 Å². The predicted molar refractivity (Wildman–Crippen MR) is 125 cm³/mol. The Kier molecular flexibility index (Phi) is 9.11. The number of methoxy groups -OCH3 is 2. The molecular weight excluding hydrogens is 428 g/mol. The highest BCUT2D eigenvalue weighted by atomic mass is 32.1. The molecule has 7 nitrogen and oxygen atoms in total. The van der Waals surface area contributed by atoms with Crippen molar-refractivity contribution in [1.29, 1.82) is 0 Å². The number of carbonyl (C=O) groups excluding carboxylic acids is 1. The summed E-state index contributed by atoms with van der Waals surface area (Å²) in [6, 6.07) is 9.39. The molecule has 32 heavy (non-hydrogen) atoms. The van der Waals surface area contributed by atoms with Crippen LogP contribution in [-0.4, -0.2) is 80.5 Å². The fourth-order valence-corrected chi connectivity index (χ4v) is 4.88. The van der Waals surface area contributed by atoms with Crippen molar-refractivity contribution in [3.8, 4) is 11.5 Å². The van der Waals surface area contributed by atoms with Crippen LogP contribution in [0.15, 0.2) is 48.4 Å². The first-order valence-electron chi connectivity index (χ1n) is 10.7. The minimum Gasteiger partial charge on any atom is -0.497 e. The van der Waals surface area contributed by atoms with E-state index in [9.17, 15) is 9.90 Å². The van der Waals surface area contributed by atoms with Gasteiger partial charge in [0.05, 0.1) is 32.4 Å². The van der Waals surface area contributed by atoms with Crippen LogP contribution >= 0.6 is 11.3 Å². The van der Waals surface area contributed by atoms with E-state index in [1.807, 2.05) is 34.1 Å². The molecule has 0 spiro atoms. The smallest absolute Gasteiger partial charge is 0.237 e. The van der Waals surface area contributed by atoms with Gasteiger partial charge in [-0.1, -0.05) is 12.1 Å². The highest BCUT2D eigenvalue weighted by Crippen LogP contribution is 2.34. The Hall–Kier alpha value is -2.39. The van der Waals surface area contributed by atoms with Crippen LogP contribution in [0.4, 0.5) is 0 Å². The molecule has 1 amide bonds. The molecule has 3 rings (SSSR count). The number of hydrogen-bond acceptors (Lipinski definition) is 7. The number of aliphatic hydroxyl groups excluding tert-OH is 1. The van der Waals surface area contributed by atoms with E-state index < -0.39 is 6.10 Å². The second-order valence-electron chi connectivity index (χ2n) is 7.73. The third-order valence-corrected chi connectivity index (χ3v) is 6.43. The molecule has 0 fully saturated rings. The van der Waals surface area contributed by atoms with Gasteiger partial charge in [0, 0.05) is 37.7 Å². The van der Waals surface area contributed by atoms with Crippen LogP contribution in [0, 0.1) is 0 Å². The molecule has 1 aliphatic rings. The van der Waals surface area contributed by atoms with Crippen LogP contribution < -0.4 is 9.47 Å². The molecule has 2 heterocycles. The lowest BCUT2D eigenvalue weighted by molar-refractivity contribution is -0.136. The Morgan fingerprint density at radius 1 is 1.38 bits per heavy atom. The number of rotatable bonds is 12. The average Bonchev–Trinajstić information content (AvgIpc) is 3.27. The molecule has 0 saturated carbocycles. The van der Waals surface area contributed by atoms with E-state index in [1.165, 1.54) is 4.88 Å². The van der Waals surface area contributed by atoms with E-state index in [2.05, 4.69) is 18.0 Å². The predicted octanol–water partition coefficient (Wildman–Crippen LogP) is 2.76. The Balaban J connectivity index is 1.72. The minimum atomic E-state index is -0.662. The van der Waals surface area contributed by atoms with Crippen molar-refractivity contribution in [3.63, 3.8) is 0 Å². The summed E-state index contributed by atoms with van der Waals surface area (Å²) in [5.74, 6) is 1.44. The number of thiophene rings is 1. The fraction of sp³-hybridized carbons (Fsp3) is 0.458. The number of benzene rings is 1. The molecule has 174 valence electrons. The van der Waals surface area contributed by atoms with Gasteiger partial charge in [0.15, 0.2) is 0 Å². The largest absolute Gasteiger partial charge is 0.497 e. The standard InChI is InChI=1S/C24H32N2O5S/c1-4-10-25(14-18(27)16-29-2)15-24(28)26-11-8-23-21(9-12-32-23)22(26)17-31-20-7-5-6-19(13-20)30-3/h4-7,9,12-13,18,22,27H,1,8,10-11,14-17H2,2-3H3/t18-,22-/m0/s1. The van der Waals surface area contributed by atoms with Gasteiger partial charge in [-0.3, -0.25) is 9.69 Å². The first-order valence-corrected chi connectivity index (χ1v) is 11.6. The monoisotopic (exact) mass is 460 g/mol. The summed E-state index contributed by atoms with van der Waals surface area (Å²) in [5, 5.41) is 12.2. The SMILES string of the molecule is C=CCN(CC(=O)N1CCc2sccc2[C@@H]1COc1cccc(OC)c1)C[C@H](O)COC. The minimum absolute atomic E-state index is 0.00700. The molecule has 1 aromatic heterocycles. The molecule has 8 heteroatoms. The maximum Gasteiger partial charge on any atom is 0.237 e. The maximum atomic E-state index is 13.3. The number of nitrogens with zero attached hydrogens (tertiary/aromatic N) is 2. The Morgan fingerprint density at radius 2 is 2.19 bits per heavy atom. The quantitative estimate of drug-likeness (QED) is 0.491. The van der Waals surface area contributed by atoms with Gasteiger partial charge in [0.1, 0.15) is 18.1 Å². The van der Waals surface area contributed by atoms with Crippen LogP contribution in [-0.2, 0) is 16.0 Å². The normalized spacial score (nSPS) is 16.5. The maximum absolute atomic E-state index is 13.3. The molecule has 2 aromatic rings. The van der Waals surface area contributed by atoms with Crippen LogP contribution in [0.5, 0.6) is 11.5 Å². The number of ether oxygens (including phenoxy) is 3. The zero-order valence-electron chi connectivity index (χ0n) is 18.7. The van der Waals surface area contributed by atoms with Crippen molar-refractivity contribution in [2.45, 2.75) is 18.6 Å². The molecule has 1 aliphatic heterocycles. The van der Waals surface area contributed by atoms with Crippen molar-refractivity contribution >= 4 is 17.2 Å². The van der Waals surface area contributed by atoms with Crippen LogP contribution in [0.2, 0.25) is 0 Å². The van der Waals surface area contributed by atoms with E-state index in [4.69, 9.17) is 14.2 Å². The van der Waals surface area contributed by atoms with Crippen molar-refractivity contribution < 1.29 is 24.1 Å². The molecule has 0 saturated heterocycles. The lowest BCUT2D eigenvalue weighted by Crippen LogP contribution is -2.48. The summed E-state index contributed by atoms with van der Waals surface area (Å²) in [6.45, 7) is 6.05. The number of hydrogen-bond donors (Lipinski definition) is 1. The Morgan fingerprint density at radius 3 is 2.94 bits per heavy atom. The lowest BCUT2D eigenvalue weighted by Gasteiger charge is -2.37. The second-order valence-corrected chi connectivity index (χ2v) is 8.73. The van der Waals surface area contributed by atoms with E-state index in [0.717, 1.165) is 17.7 Å². The summed E-state index contributed by atoms with van der Waals surface area (Å²) in [6.07, 6.45) is 1.91. The van der Waals surface area contributed by atoms with Crippen molar-refractivity contribution in [2.24, 2.45) is 0 Å². The van der Waals surface area contributed by atoms with Gasteiger partial charge >= 0.3 is 0 Å². The van der Waals surface area contributed by atoms with Crippen molar-refractivity contribution in [1.82, 2.24) is 9.80 Å².